The second-order valence-corrected chi connectivity index (χ2v) is 5.87. The van der Waals surface area contributed by atoms with E-state index in [1.54, 1.807) is 43.3 Å². The average molecular weight is 322 g/mol. The molecule has 3 nitrogen and oxygen atoms in total. The van der Waals surface area contributed by atoms with E-state index in [0.29, 0.717) is 17.9 Å². The van der Waals surface area contributed by atoms with Crippen LogP contribution in [0.3, 0.4) is 0 Å². The predicted octanol–water partition coefficient (Wildman–Crippen LogP) is 4.27. The van der Waals surface area contributed by atoms with E-state index >= 15 is 0 Å². The number of benzene rings is 2. The Bertz CT molecular complexity index is 614. The zero-order valence-electron chi connectivity index (χ0n) is 11.6. The van der Waals surface area contributed by atoms with Gasteiger partial charge in [0.25, 0.3) is 0 Å². The van der Waals surface area contributed by atoms with Gasteiger partial charge in [-0.3, -0.25) is 4.99 Å². The van der Waals surface area contributed by atoms with E-state index in [-0.39, 0.29) is 5.75 Å². The van der Waals surface area contributed by atoms with Crippen LogP contribution < -0.4 is 4.74 Å². The summed E-state index contributed by atoms with van der Waals surface area (Å²) in [5, 5.41) is 10.5. The number of hydrogen-bond acceptors (Lipinski definition) is 4. The normalized spacial score (nSPS) is 11.0. The van der Waals surface area contributed by atoms with E-state index in [1.165, 1.54) is 4.90 Å². The van der Waals surface area contributed by atoms with E-state index < -0.39 is 0 Å². The molecule has 21 heavy (non-hydrogen) atoms. The smallest absolute Gasteiger partial charge is 0.124 e. The third-order valence-electron chi connectivity index (χ3n) is 2.77. The molecule has 0 fully saturated rings. The van der Waals surface area contributed by atoms with Crippen LogP contribution >= 0.6 is 23.4 Å². The molecule has 0 bridgehead atoms. The van der Waals surface area contributed by atoms with Gasteiger partial charge in [0.15, 0.2) is 0 Å². The van der Waals surface area contributed by atoms with E-state index in [4.69, 9.17) is 16.3 Å². The summed E-state index contributed by atoms with van der Waals surface area (Å²) in [6.07, 6.45) is 1.67. The van der Waals surface area contributed by atoms with Gasteiger partial charge >= 0.3 is 0 Å². The molecule has 5 heteroatoms. The molecule has 0 unspecified atom stereocenters. The maximum absolute atomic E-state index is 9.73. The van der Waals surface area contributed by atoms with Crippen molar-refractivity contribution in [3.8, 4) is 11.5 Å². The fourth-order valence-electron chi connectivity index (χ4n) is 1.67. The van der Waals surface area contributed by atoms with Gasteiger partial charge in [-0.25, -0.2) is 0 Å². The Hall–Kier alpha value is -1.65. The van der Waals surface area contributed by atoms with Crippen molar-refractivity contribution in [2.24, 2.45) is 4.99 Å². The van der Waals surface area contributed by atoms with Gasteiger partial charge in [-0.15, -0.1) is 11.8 Å². The first-order valence-corrected chi connectivity index (χ1v) is 7.80. The van der Waals surface area contributed by atoms with Crippen molar-refractivity contribution >= 4 is 29.6 Å². The number of aliphatic imine (C=N–C) groups is 1. The fourth-order valence-corrected chi connectivity index (χ4v) is 2.56. The lowest BCUT2D eigenvalue weighted by Gasteiger charge is -2.03. The van der Waals surface area contributed by atoms with E-state index in [1.807, 2.05) is 24.3 Å². The highest BCUT2D eigenvalue weighted by atomic mass is 35.5. The van der Waals surface area contributed by atoms with E-state index in [2.05, 4.69) is 4.99 Å². The van der Waals surface area contributed by atoms with Crippen molar-refractivity contribution in [3.63, 3.8) is 0 Å². The number of nitrogens with zero attached hydrogens (tertiary/aromatic N) is 1. The van der Waals surface area contributed by atoms with Gasteiger partial charge in [-0.05, 0) is 42.5 Å². The van der Waals surface area contributed by atoms with Crippen LogP contribution in [-0.2, 0) is 0 Å². The van der Waals surface area contributed by atoms with Crippen LogP contribution in [0.4, 0.5) is 0 Å². The molecule has 0 spiro atoms. The maximum atomic E-state index is 9.73. The Labute approximate surface area is 133 Å². The lowest BCUT2D eigenvalue weighted by Crippen LogP contribution is -1.90. The van der Waals surface area contributed by atoms with Gasteiger partial charge in [0.1, 0.15) is 11.5 Å². The molecule has 0 saturated carbocycles. The Balaban J connectivity index is 1.84. The van der Waals surface area contributed by atoms with Crippen molar-refractivity contribution < 1.29 is 9.84 Å². The monoisotopic (exact) mass is 321 g/mol. The largest absolute Gasteiger partial charge is 0.507 e. The minimum Gasteiger partial charge on any atom is -0.507 e. The molecule has 0 radical (unpaired) electrons. The third kappa shape index (κ3) is 4.99. The van der Waals surface area contributed by atoms with Crippen LogP contribution in [0.1, 0.15) is 5.56 Å². The van der Waals surface area contributed by atoms with Crippen molar-refractivity contribution in [1.29, 1.82) is 0 Å². The molecule has 110 valence electrons. The Morgan fingerprint density at radius 1 is 1.24 bits per heavy atom. The van der Waals surface area contributed by atoms with Gasteiger partial charge in [-0.2, -0.15) is 0 Å². The summed E-state index contributed by atoms with van der Waals surface area (Å²) in [5.74, 6) is 1.76. The highest BCUT2D eigenvalue weighted by Crippen LogP contribution is 2.22. The number of halogens is 1. The lowest BCUT2D eigenvalue weighted by atomic mass is 10.2. The highest BCUT2D eigenvalue weighted by molar-refractivity contribution is 7.99. The molecule has 0 aliphatic heterocycles. The Morgan fingerprint density at radius 2 is 2.00 bits per heavy atom. The number of hydrogen-bond donors (Lipinski definition) is 1. The number of methoxy groups -OCH3 is 1. The number of thioether (sulfide) groups is 1. The first kappa shape index (κ1) is 15.7. The van der Waals surface area contributed by atoms with E-state index in [0.717, 1.165) is 10.8 Å². The summed E-state index contributed by atoms with van der Waals surface area (Å²) in [4.78, 5) is 5.49. The lowest BCUT2D eigenvalue weighted by molar-refractivity contribution is 0.412. The second kappa shape index (κ2) is 7.96. The summed E-state index contributed by atoms with van der Waals surface area (Å²) in [6, 6.07) is 12.8. The SMILES string of the molecule is COc1ccc(O)c(C=NCCSc2ccc(Cl)cc2)c1. The topological polar surface area (TPSA) is 41.8 Å². The van der Waals surface area contributed by atoms with Crippen LogP contribution in [0.5, 0.6) is 11.5 Å². The second-order valence-electron chi connectivity index (χ2n) is 4.26. The summed E-state index contributed by atoms with van der Waals surface area (Å²) < 4.78 is 5.12. The third-order valence-corrected chi connectivity index (χ3v) is 4.01. The fraction of sp³-hybridized carbons (Fsp3) is 0.188. The summed E-state index contributed by atoms with van der Waals surface area (Å²) in [6.45, 7) is 0.671. The summed E-state index contributed by atoms with van der Waals surface area (Å²) >= 11 is 7.55. The minimum atomic E-state index is 0.199. The molecule has 0 amide bonds. The zero-order valence-corrected chi connectivity index (χ0v) is 13.2. The van der Waals surface area contributed by atoms with Crippen molar-refractivity contribution in [2.45, 2.75) is 4.90 Å². The number of ether oxygens (including phenoxy) is 1. The summed E-state index contributed by atoms with van der Waals surface area (Å²) in [5.41, 5.74) is 0.658. The average Bonchev–Trinajstić information content (AvgIpc) is 2.50. The first-order valence-electron chi connectivity index (χ1n) is 6.44. The van der Waals surface area contributed by atoms with Gasteiger partial charge in [0, 0.05) is 34.0 Å². The van der Waals surface area contributed by atoms with E-state index in [9.17, 15) is 5.11 Å². The zero-order chi connectivity index (χ0) is 15.1. The number of aromatic hydroxyl groups is 1. The molecule has 0 saturated heterocycles. The standard InChI is InChI=1S/C16H16ClNO2S/c1-20-14-4-7-16(19)12(10-14)11-18-8-9-21-15-5-2-13(17)3-6-15/h2-7,10-11,19H,8-9H2,1H3. The highest BCUT2D eigenvalue weighted by Gasteiger charge is 2.00. The number of phenols is 1. The van der Waals surface area contributed by atoms with Gasteiger partial charge in [0.05, 0.1) is 7.11 Å². The van der Waals surface area contributed by atoms with Gasteiger partial charge < -0.3 is 9.84 Å². The van der Waals surface area contributed by atoms with Crippen LogP contribution in [0.25, 0.3) is 0 Å². The van der Waals surface area contributed by atoms with Gasteiger partial charge in [-0.1, -0.05) is 11.6 Å². The number of rotatable bonds is 6. The molecule has 2 aromatic rings. The minimum absolute atomic E-state index is 0.199. The van der Waals surface area contributed by atoms with Crippen LogP contribution in [0, 0.1) is 0 Å². The van der Waals surface area contributed by atoms with Crippen LogP contribution in [0.2, 0.25) is 5.02 Å². The molecule has 0 heterocycles. The molecule has 1 N–H and O–H groups in total. The maximum Gasteiger partial charge on any atom is 0.124 e. The molecular weight excluding hydrogens is 306 g/mol. The quantitative estimate of drug-likeness (QED) is 0.491. The molecule has 0 aliphatic rings. The first-order chi connectivity index (χ1) is 10.2. The Morgan fingerprint density at radius 3 is 2.71 bits per heavy atom. The summed E-state index contributed by atoms with van der Waals surface area (Å²) in [7, 11) is 1.59. The molecular formula is C16H16ClNO2S. The molecule has 2 aromatic carbocycles. The predicted molar refractivity (Wildman–Crippen MR) is 89.3 cm³/mol. The molecule has 0 aromatic heterocycles. The van der Waals surface area contributed by atoms with Crippen LogP contribution in [0.15, 0.2) is 52.4 Å². The Kier molecular flexibility index (Phi) is 5.96. The molecule has 0 atom stereocenters. The molecule has 2 rings (SSSR count). The van der Waals surface area contributed by atoms with Crippen molar-refractivity contribution in [3.05, 3.63) is 53.1 Å². The van der Waals surface area contributed by atoms with Crippen molar-refractivity contribution in [2.75, 3.05) is 19.4 Å². The van der Waals surface area contributed by atoms with Gasteiger partial charge in [0.2, 0.25) is 0 Å². The van der Waals surface area contributed by atoms with Crippen molar-refractivity contribution in [1.82, 2.24) is 0 Å². The molecule has 0 aliphatic carbocycles. The van der Waals surface area contributed by atoms with Crippen LogP contribution in [-0.4, -0.2) is 30.7 Å². The number of phenolic OH excluding ortho intramolecular Hbond substituents is 1.